The Hall–Kier alpha value is -0.990. The number of hydrogen-bond acceptors (Lipinski definition) is 1. The molecule has 1 unspecified atom stereocenters. The van der Waals surface area contributed by atoms with Crippen LogP contribution in [0.4, 0.5) is 0 Å². The van der Waals surface area contributed by atoms with Crippen molar-refractivity contribution in [1.82, 2.24) is 0 Å². The molecule has 0 spiro atoms. The molecule has 0 amide bonds. The fraction of sp³-hybridized carbons (Fsp3) is 0.200. The minimum atomic E-state index is 0.268. The van der Waals surface area contributed by atoms with E-state index in [2.05, 4.69) is 34.1 Å². The van der Waals surface area contributed by atoms with E-state index in [1.165, 1.54) is 11.1 Å². The average Bonchev–Trinajstić information content (AvgIpc) is 2.39. The Kier molecular flexibility index (Phi) is 4.67. The number of methoxy groups -OCH3 is 1. The van der Waals surface area contributed by atoms with Gasteiger partial charge in [0, 0.05) is 9.85 Å². The van der Waals surface area contributed by atoms with Crippen LogP contribution in [0.2, 0.25) is 5.02 Å². The van der Waals surface area contributed by atoms with Gasteiger partial charge in [0.25, 0.3) is 0 Å². The SMILES string of the molecule is COc1ccc(CC(Br)c2cccc(Cl)c2)cc1. The molecule has 94 valence electrons. The van der Waals surface area contributed by atoms with Crippen LogP contribution >= 0.6 is 27.5 Å². The molecule has 0 saturated carbocycles. The third kappa shape index (κ3) is 3.50. The van der Waals surface area contributed by atoms with Crippen LogP contribution in [-0.2, 0) is 6.42 Å². The summed E-state index contributed by atoms with van der Waals surface area (Å²) >= 11 is 9.70. The lowest BCUT2D eigenvalue weighted by Gasteiger charge is -2.11. The van der Waals surface area contributed by atoms with Crippen LogP contribution in [0.5, 0.6) is 5.75 Å². The van der Waals surface area contributed by atoms with Gasteiger partial charge in [0.05, 0.1) is 7.11 Å². The molecular formula is C15H14BrClO. The molecule has 0 radical (unpaired) electrons. The summed E-state index contributed by atoms with van der Waals surface area (Å²) < 4.78 is 5.15. The highest BCUT2D eigenvalue weighted by Gasteiger charge is 2.08. The Bertz CT molecular complexity index is 510. The van der Waals surface area contributed by atoms with Gasteiger partial charge in [-0.05, 0) is 41.8 Å². The standard InChI is InChI=1S/C15H14BrClO/c1-18-14-7-5-11(6-8-14)9-15(16)12-3-2-4-13(17)10-12/h2-8,10,15H,9H2,1H3. The fourth-order valence-corrected chi connectivity index (χ4v) is 2.65. The zero-order valence-electron chi connectivity index (χ0n) is 10.1. The summed E-state index contributed by atoms with van der Waals surface area (Å²) in [4.78, 5) is 0.268. The predicted molar refractivity (Wildman–Crippen MR) is 79.8 cm³/mol. The third-order valence-electron chi connectivity index (χ3n) is 2.78. The van der Waals surface area contributed by atoms with E-state index < -0.39 is 0 Å². The number of halogens is 2. The van der Waals surface area contributed by atoms with Gasteiger partial charge in [-0.15, -0.1) is 0 Å². The van der Waals surface area contributed by atoms with E-state index in [1.807, 2.05) is 30.3 Å². The van der Waals surface area contributed by atoms with Crippen LogP contribution in [0.3, 0.4) is 0 Å². The van der Waals surface area contributed by atoms with E-state index in [-0.39, 0.29) is 4.83 Å². The first-order chi connectivity index (χ1) is 8.69. The molecule has 0 bridgehead atoms. The third-order valence-corrected chi connectivity index (χ3v) is 3.87. The lowest BCUT2D eigenvalue weighted by atomic mass is 10.0. The molecule has 2 aromatic rings. The van der Waals surface area contributed by atoms with Crippen LogP contribution in [-0.4, -0.2) is 7.11 Å². The van der Waals surface area contributed by atoms with E-state index in [4.69, 9.17) is 16.3 Å². The van der Waals surface area contributed by atoms with E-state index in [0.29, 0.717) is 0 Å². The van der Waals surface area contributed by atoms with Crippen molar-refractivity contribution in [2.45, 2.75) is 11.2 Å². The van der Waals surface area contributed by atoms with Crippen molar-refractivity contribution in [3.05, 3.63) is 64.7 Å². The van der Waals surface area contributed by atoms with Crippen LogP contribution in [0.15, 0.2) is 48.5 Å². The maximum atomic E-state index is 5.99. The van der Waals surface area contributed by atoms with E-state index in [9.17, 15) is 0 Å². The Labute approximate surface area is 121 Å². The Morgan fingerprint density at radius 2 is 1.89 bits per heavy atom. The lowest BCUT2D eigenvalue weighted by molar-refractivity contribution is 0.414. The molecule has 0 aliphatic carbocycles. The molecule has 0 saturated heterocycles. The van der Waals surface area contributed by atoms with E-state index in [1.54, 1.807) is 7.11 Å². The summed E-state index contributed by atoms with van der Waals surface area (Å²) in [6.45, 7) is 0. The van der Waals surface area contributed by atoms with Crippen molar-refractivity contribution in [1.29, 1.82) is 0 Å². The first-order valence-electron chi connectivity index (χ1n) is 5.71. The van der Waals surface area contributed by atoms with Crippen LogP contribution in [0.1, 0.15) is 16.0 Å². The molecule has 0 aliphatic heterocycles. The normalized spacial score (nSPS) is 12.2. The number of ether oxygens (including phenoxy) is 1. The molecule has 18 heavy (non-hydrogen) atoms. The Morgan fingerprint density at radius 1 is 1.17 bits per heavy atom. The van der Waals surface area contributed by atoms with Crippen molar-refractivity contribution in [3.63, 3.8) is 0 Å². The molecule has 0 fully saturated rings. The minimum Gasteiger partial charge on any atom is -0.497 e. The molecular weight excluding hydrogens is 312 g/mol. The van der Waals surface area contributed by atoms with Crippen LogP contribution in [0, 0.1) is 0 Å². The number of rotatable bonds is 4. The summed E-state index contributed by atoms with van der Waals surface area (Å²) in [6, 6.07) is 16.0. The van der Waals surface area contributed by atoms with Gasteiger partial charge in [-0.3, -0.25) is 0 Å². The van der Waals surface area contributed by atoms with Gasteiger partial charge in [0.1, 0.15) is 5.75 Å². The highest BCUT2D eigenvalue weighted by atomic mass is 79.9. The molecule has 2 aromatic carbocycles. The largest absolute Gasteiger partial charge is 0.497 e. The van der Waals surface area contributed by atoms with Crippen molar-refractivity contribution < 1.29 is 4.74 Å². The molecule has 0 heterocycles. The molecule has 2 rings (SSSR count). The van der Waals surface area contributed by atoms with Gasteiger partial charge in [-0.1, -0.05) is 51.8 Å². The van der Waals surface area contributed by atoms with Crippen molar-refractivity contribution >= 4 is 27.5 Å². The average molecular weight is 326 g/mol. The second-order valence-electron chi connectivity index (χ2n) is 4.07. The summed E-state index contributed by atoms with van der Waals surface area (Å²) in [6.07, 6.45) is 0.921. The Morgan fingerprint density at radius 3 is 2.50 bits per heavy atom. The summed E-state index contributed by atoms with van der Waals surface area (Å²) in [5, 5.41) is 0.770. The quantitative estimate of drug-likeness (QED) is 0.717. The van der Waals surface area contributed by atoms with Crippen LogP contribution in [0.25, 0.3) is 0 Å². The molecule has 0 N–H and O–H groups in total. The molecule has 0 aliphatic rings. The molecule has 1 atom stereocenters. The first kappa shape index (κ1) is 13.4. The van der Waals surface area contributed by atoms with Gasteiger partial charge in [0.2, 0.25) is 0 Å². The molecule has 3 heteroatoms. The number of alkyl halides is 1. The monoisotopic (exact) mass is 324 g/mol. The molecule has 0 aromatic heterocycles. The smallest absolute Gasteiger partial charge is 0.118 e. The zero-order chi connectivity index (χ0) is 13.0. The summed E-state index contributed by atoms with van der Waals surface area (Å²) in [5.74, 6) is 0.882. The Balaban J connectivity index is 2.08. The summed E-state index contributed by atoms with van der Waals surface area (Å²) in [5.41, 5.74) is 2.45. The topological polar surface area (TPSA) is 9.23 Å². The highest BCUT2D eigenvalue weighted by molar-refractivity contribution is 9.09. The first-order valence-corrected chi connectivity index (χ1v) is 7.01. The van der Waals surface area contributed by atoms with Gasteiger partial charge < -0.3 is 4.74 Å². The van der Waals surface area contributed by atoms with E-state index in [0.717, 1.165) is 17.2 Å². The highest BCUT2D eigenvalue weighted by Crippen LogP contribution is 2.29. The van der Waals surface area contributed by atoms with Crippen molar-refractivity contribution in [3.8, 4) is 5.75 Å². The van der Waals surface area contributed by atoms with Gasteiger partial charge in [0.15, 0.2) is 0 Å². The second-order valence-corrected chi connectivity index (χ2v) is 5.62. The predicted octanol–water partition coefficient (Wildman–Crippen LogP) is 5.03. The lowest BCUT2D eigenvalue weighted by Crippen LogP contribution is -1.95. The van der Waals surface area contributed by atoms with Crippen molar-refractivity contribution in [2.24, 2.45) is 0 Å². The maximum absolute atomic E-state index is 5.99. The minimum absolute atomic E-state index is 0.268. The van der Waals surface area contributed by atoms with Crippen LogP contribution < -0.4 is 4.74 Å². The molecule has 1 nitrogen and oxygen atoms in total. The van der Waals surface area contributed by atoms with E-state index >= 15 is 0 Å². The van der Waals surface area contributed by atoms with Gasteiger partial charge in [-0.25, -0.2) is 0 Å². The van der Waals surface area contributed by atoms with Gasteiger partial charge in [-0.2, -0.15) is 0 Å². The van der Waals surface area contributed by atoms with Crippen molar-refractivity contribution in [2.75, 3.05) is 7.11 Å². The zero-order valence-corrected chi connectivity index (χ0v) is 12.4. The fourth-order valence-electron chi connectivity index (χ4n) is 1.79. The number of hydrogen-bond donors (Lipinski definition) is 0. The number of benzene rings is 2. The van der Waals surface area contributed by atoms with Gasteiger partial charge >= 0.3 is 0 Å². The second kappa shape index (κ2) is 6.26. The maximum Gasteiger partial charge on any atom is 0.118 e. The summed E-state index contributed by atoms with van der Waals surface area (Å²) in [7, 11) is 1.67.